The largest absolute Gasteiger partial charge is 0.467 e. The lowest BCUT2D eigenvalue weighted by Crippen LogP contribution is -2.47. The quantitative estimate of drug-likeness (QED) is 0.396. The summed E-state index contributed by atoms with van der Waals surface area (Å²) in [6.07, 6.45) is 2.62. The molecule has 1 N–H and O–H groups in total. The Hall–Kier alpha value is -4.40. The third-order valence-electron chi connectivity index (χ3n) is 7.21. The van der Waals surface area contributed by atoms with E-state index in [1.165, 1.54) is 4.57 Å². The van der Waals surface area contributed by atoms with Crippen molar-refractivity contribution in [3.8, 4) is 0 Å². The summed E-state index contributed by atoms with van der Waals surface area (Å²) in [5.41, 5.74) is 0.622. The number of hydrogen-bond donors (Lipinski definition) is 1. The molecule has 39 heavy (non-hydrogen) atoms. The molecule has 1 aliphatic rings. The molecule has 2 amide bonds. The van der Waals surface area contributed by atoms with E-state index in [0.717, 1.165) is 11.0 Å². The van der Waals surface area contributed by atoms with Crippen LogP contribution in [0, 0.1) is 11.8 Å². The monoisotopic (exact) mass is 528 g/mol. The molecule has 1 aliphatic heterocycles. The van der Waals surface area contributed by atoms with Gasteiger partial charge in [0.25, 0.3) is 11.5 Å². The summed E-state index contributed by atoms with van der Waals surface area (Å²) in [5.74, 6) is 1.05. The van der Waals surface area contributed by atoms with Crippen molar-refractivity contribution >= 4 is 22.7 Å². The first kappa shape index (κ1) is 26.2. The molecule has 0 spiro atoms. The van der Waals surface area contributed by atoms with Crippen LogP contribution < -0.4 is 16.6 Å². The van der Waals surface area contributed by atoms with Crippen LogP contribution in [0.5, 0.6) is 0 Å². The lowest BCUT2D eigenvalue weighted by molar-refractivity contribution is -0.134. The van der Waals surface area contributed by atoms with E-state index in [1.807, 2.05) is 4.90 Å². The van der Waals surface area contributed by atoms with E-state index in [9.17, 15) is 19.2 Å². The number of hydrogen-bond acceptors (Lipinski definition) is 5. The Bertz CT molecular complexity index is 1590. The molecule has 0 aliphatic carbocycles. The highest BCUT2D eigenvalue weighted by molar-refractivity contribution is 5.94. The summed E-state index contributed by atoms with van der Waals surface area (Å²) in [4.78, 5) is 54.5. The number of para-hydroxylation sites is 1. The second-order valence-corrected chi connectivity index (χ2v) is 10.5. The Morgan fingerprint density at radius 1 is 0.923 bits per heavy atom. The summed E-state index contributed by atoms with van der Waals surface area (Å²) < 4.78 is 7.79. The van der Waals surface area contributed by atoms with Crippen LogP contribution in [0.2, 0.25) is 0 Å². The molecule has 2 aromatic carbocycles. The van der Waals surface area contributed by atoms with Gasteiger partial charge in [-0.15, -0.1) is 0 Å². The number of fused-ring (bicyclic) bond motifs is 1. The standard InChI is InChI=1S/C30H32N4O5/c1-20-14-21(2)17-32(16-20)27(35)19-33-26-8-4-3-7-25(26)29(37)34(30(33)38)18-22-9-11-23(12-10-22)28(36)31-15-24-6-5-13-39-24/h3-13,20-21H,14-19H2,1-2H3,(H,31,36)/t20-,21+. The minimum absolute atomic E-state index is 0.0166. The normalized spacial score (nSPS) is 17.3. The van der Waals surface area contributed by atoms with E-state index in [-0.39, 0.29) is 31.4 Å². The lowest BCUT2D eigenvalue weighted by Gasteiger charge is -2.35. The number of amides is 2. The van der Waals surface area contributed by atoms with Gasteiger partial charge in [0.15, 0.2) is 0 Å². The smallest absolute Gasteiger partial charge is 0.332 e. The van der Waals surface area contributed by atoms with Crippen molar-refractivity contribution in [2.45, 2.75) is 39.9 Å². The summed E-state index contributed by atoms with van der Waals surface area (Å²) in [6.45, 7) is 5.75. The van der Waals surface area contributed by atoms with Gasteiger partial charge in [0.05, 0.1) is 30.3 Å². The van der Waals surface area contributed by atoms with E-state index >= 15 is 0 Å². The molecule has 202 valence electrons. The average Bonchev–Trinajstić information content (AvgIpc) is 3.45. The maximum atomic E-state index is 13.6. The predicted octanol–water partition coefficient (Wildman–Crippen LogP) is 3.24. The van der Waals surface area contributed by atoms with Gasteiger partial charge in [-0.05, 0) is 60.2 Å². The molecule has 0 radical (unpaired) electrons. The molecule has 4 aromatic rings. The maximum Gasteiger partial charge on any atom is 0.332 e. The van der Waals surface area contributed by atoms with E-state index < -0.39 is 11.2 Å². The van der Waals surface area contributed by atoms with Gasteiger partial charge in [-0.1, -0.05) is 38.1 Å². The number of piperidine rings is 1. The molecule has 1 saturated heterocycles. The highest BCUT2D eigenvalue weighted by Gasteiger charge is 2.26. The Balaban J connectivity index is 1.40. The van der Waals surface area contributed by atoms with Crippen molar-refractivity contribution in [2.24, 2.45) is 11.8 Å². The highest BCUT2D eigenvalue weighted by atomic mass is 16.3. The topological polar surface area (TPSA) is 107 Å². The molecule has 0 saturated carbocycles. The third-order valence-corrected chi connectivity index (χ3v) is 7.21. The summed E-state index contributed by atoms with van der Waals surface area (Å²) >= 11 is 0. The Morgan fingerprint density at radius 3 is 2.33 bits per heavy atom. The number of carbonyl (C=O) groups is 2. The number of nitrogens with zero attached hydrogens (tertiary/aromatic N) is 3. The van der Waals surface area contributed by atoms with E-state index in [4.69, 9.17) is 4.42 Å². The fourth-order valence-electron chi connectivity index (χ4n) is 5.39. The van der Waals surface area contributed by atoms with Crippen LogP contribution in [-0.4, -0.2) is 38.9 Å². The van der Waals surface area contributed by atoms with Gasteiger partial charge in [-0.2, -0.15) is 0 Å². The molecular weight excluding hydrogens is 496 g/mol. The molecule has 0 bridgehead atoms. The highest BCUT2D eigenvalue weighted by Crippen LogP contribution is 2.21. The van der Waals surface area contributed by atoms with Gasteiger partial charge in [-0.25, -0.2) is 4.79 Å². The lowest BCUT2D eigenvalue weighted by atomic mass is 9.92. The number of furan rings is 1. The third kappa shape index (κ3) is 5.72. The molecule has 5 rings (SSSR count). The predicted molar refractivity (Wildman–Crippen MR) is 147 cm³/mol. The Labute approximate surface area is 225 Å². The number of nitrogens with one attached hydrogen (secondary N) is 1. The summed E-state index contributed by atoms with van der Waals surface area (Å²) in [7, 11) is 0. The molecule has 1 fully saturated rings. The maximum absolute atomic E-state index is 13.6. The van der Waals surface area contributed by atoms with Gasteiger partial charge in [0.1, 0.15) is 12.3 Å². The fraction of sp³-hybridized carbons (Fsp3) is 0.333. The summed E-state index contributed by atoms with van der Waals surface area (Å²) in [5, 5.41) is 3.16. The second kappa shape index (κ2) is 11.1. The van der Waals surface area contributed by atoms with Crippen molar-refractivity contribution in [1.82, 2.24) is 19.4 Å². The SMILES string of the molecule is C[C@@H]1C[C@H](C)CN(C(=O)Cn2c(=O)n(Cc3ccc(C(=O)NCc4ccco4)cc3)c(=O)c3ccccc32)C1. The van der Waals surface area contributed by atoms with Crippen LogP contribution in [-0.2, 0) is 24.4 Å². The van der Waals surface area contributed by atoms with Crippen LogP contribution >= 0.6 is 0 Å². The molecule has 0 unspecified atom stereocenters. The molecule has 9 heteroatoms. The molecule has 3 heterocycles. The van der Waals surface area contributed by atoms with Gasteiger partial charge < -0.3 is 14.6 Å². The van der Waals surface area contributed by atoms with Crippen LogP contribution in [0.4, 0.5) is 0 Å². The zero-order valence-corrected chi connectivity index (χ0v) is 22.1. The number of likely N-dealkylation sites (tertiary alicyclic amines) is 1. The molecule has 2 atom stereocenters. The Morgan fingerprint density at radius 2 is 1.64 bits per heavy atom. The van der Waals surface area contributed by atoms with Crippen molar-refractivity contribution in [3.63, 3.8) is 0 Å². The first-order chi connectivity index (χ1) is 18.8. The fourth-order valence-corrected chi connectivity index (χ4v) is 5.39. The van der Waals surface area contributed by atoms with Crippen molar-refractivity contribution < 1.29 is 14.0 Å². The zero-order valence-electron chi connectivity index (χ0n) is 22.1. The van der Waals surface area contributed by atoms with Crippen LogP contribution in [0.15, 0.2) is 80.9 Å². The number of aromatic nitrogens is 2. The van der Waals surface area contributed by atoms with Crippen molar-refractivity contribution in [1.29, 1.82) is 0 Å². The van der Waals surface area contributed by atoms with E-state index in [2.05, 4.69) is 19.2 Å². The zero-order chi connectivity index (χ0) is 27.5. The average molecular weight is 529 g/mol. The van der Waals surface area contributed by atoms with Gasteiger partial charge in [0.2, 0.25) is 5.91 Å². The van der Waals surface area contributed by atoms with Crippen molar-refractivity contribution in [3.05, 3.63) is 105 Å². The minimum atomic E-state index is -0.537. The molecule has 2 aromatic heterocycles. The van der Waals surface area contributed by atoms with Crippen LogP contribution in [0.25, 0.3) is 10.9 Å². The summed E-state index contributed by atoms with van der Waals surface area (Å²) in [6, 6.07) is 17.1. The van der Waals surface area contributed by atoms with E-state index in [1.54, 1.807) is 66.9 Å². The van der Waals surface area contributed by atoms with Gasteiger partial charge >= 0.3 is 5.69 Å². The molecular formula is C30H32N4O5. The van der Waals surface area contributed by atoms with E-state index in [0.29, 0.717) is 52.7 Å². The first-order valence-corrected chi connectivity index (χ1v) is 13.2. The van der Waals surface area contributed by atoms with Crippen LogP contribution in [0.3, 0.4) is 0 Å². The van der Waals surface area contributed by atoms with Gasteiger partial charge in [-0.3, -0.25) is 23.5 Å². The Kier molecular flexibility index (Phi) is 7.49. The minimum Gasteiger partial charge on any atom is -0.467 e. The molecule has 9 nitrogen and oxygen atoms in total. The first-order valence-electron chi connectivity index (χ1n) is 13.2. The van der Waals surface area contributed by atoms with Crippen molar-refractivity contribution in [2.75, 3.05) is 13.1 Å². The van der Waals surface area contributed by atoms with Crippen LogP contribution in [0.1, 0.15) is 41.9 Å². The second-order valence-electron chi connectivity index (χ2n) is 10.5. The number of carbonyl (C=O) groups excluding carboxylic acids is 2. The number of rotatable bonds is 7. The number of benzene rings is 2. The van der Waals surface area contributed by atoms with Gasteiger partial charge in [0, 0.05) is 18.7 Å².